The minimum absolute atomic E-state index is 0.199. The standard InChI is InChI=1S/C30H27N3O5S/c1-5-36-29(35)26-18(3)31-30-33(27(26)20-9-7-6-8-10-20)28(34)25(39-30)14-21-13-17(2)32(19(21)4)22-11-12-23-24(15-22)38-16-37-23/h6-15,27H,5,16H2,1-4H3/b25-14+/t27-/m1/s1. The van der Waals surface area contributed by atoms with E-state index < -0.39 is 12.0 Å². The molecule has 0 fully saturated rings. The van der Waals surface area contributed by atoms with Crippen LogP contribution in [0.1, 0.15) is 42.4 Å². The fourth-order valence-electron chi connectivity index (χ4n) is 5.24. The Hall–Kier alpha value is -4.37. The highest BCUT2D eigenvalue weighted by molar-refractivity contribution is 7.07. The lowest BCUT2D eigenvalue weighted by Crippen LogP contribution is -2.39. The number of allylic oxidation sites excluding steroid dienone is 1. The summed E-state index contributed by atoms with van der Waals surface area (Å²) in [6, 6.07) is 16.8. The molecule has 2 aromatic heterocycles. The Morgan fingerprint density at radius 3 is 2.64 bits per heavy atom. The molecule has 2 aliphatic heterocycles. The zero-order chi connectivity index (χ0) is 27.3. The number of fused-ring (bicyclic) bond motifs is 2. The molecule has 9 heteroatoms. The first-order valence-corrected chi connectivity index (χ1v) is 13.5. The highest BCUT2D eigenvalue weighted by atomic mass is 32.1. The SMILES string of the molecule is CCOC(=O)C1=C(C)N=c2s/c(=C/c3cc(C)n(-c4ccc5c(c4)OCO5)c3C)c(=O)n2[C@@H]1c1ccccc1. The highest BCUT2D eigenvalue weighted by Crippen LogP contribution is 2.35. The fourth-order valence-corrected chi connectivity index (χ4v) is 6.28. The van der Waals surface area contributed by atoms with Crippen LogP contribution in [-0.2, 0) is 9.53 Å². The predicted molar refractivity (Wildman–Crippen MR) is 148 cm³/mol. The van der Waals surface area contributed by atoms with Gasteiger partial charge < -0.3 is 18.8 Å². The van der Waals surface area contributed by atoms with Gasteiger partial charge in [-0.25, -0.2) is 9.79 Å². The van der Waals surface area contributed by atoms with Gasteiger partial charge in [0.2, 0.25) is 6.79 Å². The summed E-state index contributed by atoms with van der Waals surface area (Å²) in [4.78, 5) is 32.1. The van der Waals surface area contributed by atoms with Crippen molar-refractivity contribution in [2.24, 2.45) is 4.99 Å². The van der Waals surface area contributed by atoms with Crippen LogP contribution in [0, 0.1) is 13.8 Å². The zero-order valence-corrected chi connectivity index (χ0v) is 22.9. The van der Waals surface area contributed by atoms with E-state index in [0.29, 0.717) is 26.4 Å². The number of carbonyl (C=O) groups excluding carboxylic acids is 1. The molecule has 0 radical (unpaired) electrons. The molecule has 0 bridgehead atoms. The molecule has 198 valence electrons. The summed E-state index contributed by atoms with van der Waals surface area (Å²) in [5, 5.41) is 0. The second-order valence-electron chi connectivity index (χ2n) is 9.41. The van der Waals surface area contributed by atoms with Gasteiger partial charge in [0.05, 0.1) is 28.5 Å². The van der Waals surface area contributed by atoms with Crippen LogP contribution in [0.2, 0.25) is 0 Å². The quantitative estimate of drug-likeness (QED) is 0.358. The molecule has 2 aromatic carbocycles. The lowest BCUT2D eigenvalue weighted by molar-refractivity contribution is -0.139. The molecule has 2 aliphatic rings. The maximum absolute atomic E-state index is 13.9. The number of carbonyl (C=O) groups is 1. The van der Waals surface area contributed by atoms with Gasteiger partial charge in [-0.15, -0.1) is 0 Å². The van der Waals surface area contributed by atoms with E-state index in [-0.39, 0.29) is 19.0 Å². The number of nitrogens with zero attached hydrogens (tertiary/aromatic N) is 3. The maximum Gasteiger partial charge on any atom is 0.338 e. The molecule has 0 amide bonds. The van der Waals surface area contributed by atoms with Crippen LogP contribution < -0.4 is 24.4 Å². The molecule has 4 aromatic rings. The molecule has 0 saturated carbocycles. The fraction of sp³-hybridized carbons (Fsp3) is 0.233. The summed E-state index contributed by atoms with van der Waals surface area (Å²) >= 11 is 1.32. The van der Waals surface area contributed by atoms with Crippen molar-refractivity contribution in [2.45, 2.75) is 33.7 Å². The Bertz CT molecular complexity index is 1830. The monoisotopic (exact) mass is 541 g/mol. The number of aryl methyl sites for hydroxylation is 1. The van der Waals surface area contributed by atoms with E-state index >= 15 is 0 Å². The van der Waals surface area contributed by atoms with Crippen molar-refractivity contribution < 1.29 is 19.0 Å². The van der Waals surface area contributed by atoms with Crippen molar-refractivity contribution in [3.63, 3.8) is 0 Å². The van der Waals surface area contributed by atoms with Crippen LogP contribution in [0.25, 0.3) is 11.8 Å². The van der Waals surface area contributed by atoms with E-state index in [9.17, 15) is 9.59 Å². The second-order valence-corrected chi connectivity index (χ2v) is 10.4. The third kappa shape index (κ3) is 4.19. The lowest BCUT2D eigenvalue weighted by Gasteiger charge is -2.24. The summed E-state index contributed by atoms with van der Waals surface area (Å²) in [5.74, 6) is 0.977. The van der Waals surface area contributed by atoms with E-state index in [4.69, 9.17) is 14.2 Å². The average Bonchev–Trinajstić information content (AvgIpc) is 3.59. The Morgan fingerprint density at radius 2 is 1.87 bits per heavy atom. The van der Waals surface area contributed by atoms with Gasteiger partial charge in [-0.2, -0.15) is 0 Å². The third-order valence-corrected chi connectivity index (χ3v) is 7.99. The number of rotatable bonds is 5. The molecule has 4 heterocycles. The summed E-state index contributed by atoms with van der Waals surface area (Å²) in [5.41, 5.74) is 5.44. The van der Waals surface area contributed by atoms with Crippen LogP contribution in [-0.4, -0.2) is 28.5 Å². The van der Waals surface area contributed by atoms with Crippen molar-refractivity contribution in [2.75, 3.05) is 13.4 Å². The van der Waals surface area contributed by atoms with Gasteiger partial charge in [0.25, 0.3) is 5.56 Å². The van der Waals surface area contributed by atoms with Crippen LogP contribution >= 0.6 is 11.3 Å². The van der Waals surface area contributed by atoms with Gasteiger partial charge in [0.1, 0.15) is 0 Å². The summed E-state index contributed by atoms with van der Waals surface area (Å²) < 4.78 is 20.7. The largest absolute Gasteiger partial charge is 0.463 e. The third-order valence-electron chi connectivity index (χ3n) is 7.00. The van der Waals surface area contributed by atoms with E-state index in [0.717, 1.165) is 34.0 Å². The molecule has 6 rings (SSSR count). The van der Waals surface area contributed by atoms with Crippen molar-refractivity contribution in [1.82, 2.24) is 9.13 Å². The number of benzene rings is 2. The number of ether oxygens (including phenoxy) is 3. The smallest absolute Gasteiger partial charge is 0.338 e. The van der Waals surface area contributed by atoms with E-state index in [1.807, 2.05) is 68.5 Å². The molecule has 0 spiro atoms. The topological polar surface area (TPSA) is 84.1 Å². The normalized spacial score (nSPS) is 16.3. The molecule has 0 saturated heterocycles. The molecule has 39 heavy (non-hydrogen) atoms. The number of esters is 1. The molecule has 0 N–H and O–H groups in total. The van der Waals surface area contributed by atoms with Crippen molar-refractivity contribution in [3.8, 4) is 17.2 Å². The van der Waals surface area contributed by atoms with Gasteiger partial charge in [-0.3, -0.25) is 9.36 Å². The zero-order valence-electron chi connectivity index (χ0n) is 22.1. The van der Waals surface area contributed by atoms with Crippen LogP contribution in [0.15, 0.2) is 75.7 Å². The Kier molecular flexibility index (Phi) is 6.23. The number of thiazole rings is 1. The highest BCUT2D eigenvalue weighted by Gasteiger charge is 2.33. The van der Waals surface area contributed by atoms with Gasteiger partial charge in [-0.1, -0.05) is 41.7 Å². The van der Waals surface area contributed by atoms with Crippen LogP contribution in [0.4, 0.5) is 0 Å². The summed E-state index contributed by atoms with van der Waals surface area (Å²) in [6.07, 6.45) is 1.90. The Morgan fingerprint density at radius 1 is 1.10 bits per heavy atom. The number of hydrogen-bond donors (Lipinski definition) is 0. The van der Waals surface area contributed by atoms with Crippen LogP contribution in [0.5, 0.6) is 11.5 Å². The first kappa shape index (κ1) is 24.9. The van der Waals surface area contributed by atoms with Crippen molar-refractivity contribution in [3.05, 3.63) is 108 Å². The van der Waals surface area contributed by atoms with Gasteiger partial charge in [0, 0.05) is 23.1 Å². The van der Waals surface area contributed by atoms with Crippen molar-refractivity contribution >= 4 is 23.4 Å². The predicted octanol–water partition coefficient (Wildman–Crippen LogP) is 3.93. The van der Waals surface area contributed by atoms with Crippen LogP contribution in [0.3, 0.4) is 0 Å². The van der Waals surface area contributed by atoms with Gasteiger partial charge in [-0.05, 0) is 63.1 Å². The maximum atomic E-state index is 13.9. The van der Waals surface area contributed by atoms with E-state index in [2.05, 4.69) is 15.6 Å². The molecule has 0 aliphatic carbocycles. The average molecular weight is 542 g/mol. The molecule has 0 unspecified atom stereocenters. The number of aromatic nitrogens is 2. The second kappa shape index (κ2) is 9.74. The number of hydrogen-bond acceptors (Lipinski definition) is 7. The first-order valence-electron chi connectivity index (χ1n) is 12.7. The van der Waals surface area contributed by atoms with E-state index in [1.165, 1.54) is 11.3 Å². The molecular formula is C30H27N3O5S. The Balaban J connectivity index is 1.49. The van der Waals surface area contributed by atoms with E-state index in [1.54, 1.807) is 18.4 Å². The minimum atomic E-state index is -0.621. The molecular weight excluding hydrogens is 514 g/mol. The lowest BCUT2D eigenvalue weighted by atomic mass is 9.96. The molecule has 1 atom stereocenters. The van der Waals surface area contributed by atoms with Gasteiger partial charge in [0.15, 0.2) is 16.3 Å². The first-order chi connectivity index (χ1) is 18.9. The minimum Gasteiger partial charge on any atom is -0.463 e. The Labute approximate surface area is 228 Å². The summed E-state index contributed by atoms with van der Waals surface area (Å²) in [6.45, 7) is 8.06. The summed E-state index contributed by atoms with van der Waals surface area (Å²) in [7, 11) is 0. The van der Waals surface area contributed by atoms with Crippen molar-refractivity contribution in [1.29, 1.82) is 0 Å². The molecule has 8 nitrogen and oxygen atoms in total. The van der Waals surface area contributed by atoms with Gasteiger partial charge >= 0.3 is 5.97 Å².